The average molecular weight is 477 g/mol. The van der Waals surface area contributed by atoms with Crippen LogP contribution in [-0.4, -0.2) is 59.4 Å². The van der Waals surface area contributed by atoms with Gasteiger partial charge in [-0.1, -0.05) is 59.6 Å². The Morgan fingerprint density at radius 2 is 1.88 bits per heavy atom. The first kappa shape index (κ1) is 23.9. The van der Waals surface area contributed by atoms with Crippen LogP contribution in [0.1, 0.15) is 23.7 Å². The van der Waals surface area contributed by atoms with Gasteiger partial charge in [-0.3, -0.25) is 9.59 Å². The van der Waals surface area contributed by atoms with Gasteiger partial charge in [0.2, 0.25) is 6.41 Å². The second kappa shape index (κ2) is 10.7. The predicted octanol–water partition coefficient (Wildman–Crippen LogP) is 3.20. The number of rotatable bonds is 9. The van der Waals surface area contributed by atoms with Crippen LogP contribution in [0.5, 0.6) is 0 Å². The number of nitrogens with one attached hydrogen (secondary N) is 1. The normalized spacial score (nSPS) is 15.5. The minimum absolute atomic E-state index is 0.0182. The van der Waals surface area contributed by atoms with Gasteiger partial charge in [0.1, 0.15) is 17.7 Å². The third-order valence-electron chi connectivity index (χ3n) is 5.26. The number of aliphatic hydroxyl groups is 1. The van der Waals surface area contributed by atoms with Gasteiger partial charge >= 0.3 is 0 Å². The number of carbonyl (C=O) groups excluding carboxylic acids is 2. The summed E-state index contributed by atoms with van der Waals surface area (Å²) < 4.78 is 0. The van der Waals surface area contributed by atoms with E-state index < -0.39 is 6.17 Å². The van der Waals surface area contributed by atoms with E-state index in [9.17, 15) is 14.7 Å². The smallest absolute Gasteiger partial charge is 0.273 e. The molecule has 0 saturated heterocycles. The lowest BCUT2D eigenvalue weighted by atomic mass is 10.1. The summed E-state index contributed by atoms with van der Waals surface area (Å²) in [5.41, 5.74) is 2.16. The van der Waals surface area contributed by atoms with Crippen molar-refractivity contribution in [1.29, 1.82) is 0 Å². The number of nitrogens with zero attached hydrogens (tertiary/aromatic N) is 3. The lowest BCUT2D eigenvalue weighted by molar-refractivity contribution is -0.128. The summed E-state index contributed by atoms with van der Waals surface area (Å²) >= 11 is 12.4. The molecule has 0 bridgehead atoms. The third-order valence-corrected chi connectivity index (χ3v) is 6.00. The van der Waals surface area contributed by atoms with Crippen molar-refractivity contribution >= 4 is 35.5 Å². The van der Waals surface area contributed by atoms with Crippen LogP contribution in [0.2, 0.25) is 10.0 Å². The first-order valence-corrected chi connectivity index (χ1v) is 10.9. The number of hydrogen-bond donors (Lipinski definition) is 2. The highest BCUT2D eigenvalue weighted by molar-refractivity contribution is 6.42. The fraction of sp³-hybridized carbons (Fsp3) is 0.304. The maximum Gasteiger partial charge on any atom is 0.273 e. The highest BCUT2D eigenvalue weighted by Crippen LogP contribution is 2.36. The van der Waals surface area contributed by atoms with E-state index in [1.807, 2.05) is 41.3 Å². The van der Waals surface area contributed by atoms with E-state index in [0.717, 1.165) is 11.1 Å². The first-order chi connectivity index (χ1) is 15.4. The summed E-state index contributed by atoms with van der Waals surface area (Å²) in [7, 11) is 3.27. The van der Waals surface area contributed by atoms with Crippen LogP contribution in [-0.2, 0) is 16.1 Å². The van der Waals surface area contributed by atoms with Crippen molar-refractivity contribution in [2.45, 2.75) is 19.1 Å². The van der Waals surface area contributed by atoms with E-state index >= 15 is 0 Å². The minimum Gasteiger partial charge on any atom is -0.396 e. The molecular weight excluding hydrogens is 451 g/mol. The van der Waals surface area contributed by atoms with Crippen LogP contribution < -0.4 is 5.32 Å². The van der Waals surface area contributed by atoms with Crippen molar-refractivity contribution in [2.24, 2.45) is 0 Å². The maximum absolute atomic E-state index is 13.5. The molecule has 0 spiro atoms. The number of amides is 2. The molecule has 3 rings (SSSR count). The molecular formula is C23H26Cl2N4O3. The molecule has 7 nitrogen and oxygen atoms in total. The number of hydrogen-bond acceptors (Lipinski definition) is 5. The summed E-state index contributed by atoms with van der Waals surface area (Å²) in [6.45, 7) is 0.785. The van der Waals surface area contributed by atoms with Crippen LogP contribution in [0.4, 0.5) is 0 Å². The Balaban J connectivity index is 2.08. The molecule has 2 aromatic carbocycles. The highest BCUT2D eigenvalue weighted by Gasteiger charge is 2.39. The van der Waals surface area contributed by atoms with E-state index in [2.05, 4.69) is 5.32 Å². The molecule has 0 radical (unpaired) electrons. The number of halogens is 2. The molecule has 1 unspecified atom stereocenters. The summed E-state index contributed by atoms with van der Waals surface area (Å²) in [4.78, 5) is 30.0. The topological polar surface area (TPSA) is 76.1 Å². The molecule has 1 heterocycles. The quantitative estimate of drug-likeness (QED) is 0.543. The van der Waals surface area contributed by atoms with Gasteiger partial charge in [0.05, 0.1) is 10.0 Å². The average Bonchev–Trinajstić information content (AvgIpc) is 3.17. The van der Waals surface area contributed by atoms with E-state index in [0.29, 0.717) is 47.5 Å². The van der Waals surface area contributed by atoms with Gasteiger partial charge < -0.3 is 25.1 Å². The summed E-state index contributed by atoms with van der Waals surface area (Å²) in [5, 5.41) is 13.3. The largest absolute Gasteiger partial charge is 0.396 e. The molecule has 0 saturated carbocycles. The summed E-state index contributed by atoms with van der Waals surface area (Å²) in [6, 6.07) is 15.0. The van der Waals surface area contributed by atoms with Gasteiger partial charge in [-0.15, -0.1) is 0 Å². The van der Waals surface area contributed by atoms with Crippen molar-refractivity contribution in [2.75, 3.05) is 27.2 Å². The predicted molar refractivity (Wildman–Crippen MR) is 125 cm³/mol. The Morgan fingerprint density at radius 1 is 1.16 bits per heavy atom. The SMILES string of the molecule is CN(C=O)C1=C(C(=O)N(C)CCCO)N(Cc2ccccc2)C(c2ccc(Cl)c(Cl)c2)N1. The molecule has 1 aliphatic rings. The molecule has 1 aliphatic heterocycles. The number of benzene rings is 2. The highest BCUT2D eigenvalue weighted by atomic mass is 35.5. The Bertz CT molecular complexity index is 1000. The van der Waals surface area contributed by atoms with Crippen molar-refractivity contribution in [3.05, 3.63) is 81.2 Å². The van der Waals surface area contributed by atoms with E-state index in [1.165, 1.54) is 4.90 Å². The van der Waals surface area contributed by atoms with E-state index in [4.69, 9.17) is 23.2 Å². The van der Waals surface area contributed by atoms with Gasteiger partial charge in [0.25, 0.3) is 5.91 Å². The zero-order valence-electron chi connectivity index (χ0n) is 18.0. The number of likely N-dealkylation sites (N-methyl/N-ethyl adjacent to an activating group) is 1. The van der Waals surface area contributed by atoms with Crippen molar-refractivity contribution in [3.8, 4) is 0 Å². The van der Waals surface area contributed by atoms with Gasteiger partial charge in [0.15, 0.2) is 0 Å². The van der Waals surface area contributed by atoms with Crippen LogP contribution >= 0.6 is 23.2 Å². The van der Waals surface area contributed by atoms with Gasteiger partial charge in [-0.25, -0.2) is 0 Å². The Labute approximate surface area is 197 Å². The van der Waals surface area contributed by atoms with E-state index in [1.54, 1.807) is 31.1 Å². The summed E-state index contributed by atoms with van der Waals surface area (Å²) in [5.74, 6) is 0.140. The second-order valence-corrected chi connectivity index (χ2v) is 8.37. The van der Waals surface area contributed by atoms with Crippen molar-refractivity contribution in [3.63, 3.8) is 0 Å². The molecule has 0 fully saturated rings. The lowest BCUT2D eigenvalue weighted by Crippen LogP contribution is -2.37. The van der Waals surface area contributed by atoms with Gasteiger partial charge in [0, 0.05) is 33.8 Å². The van der Waals surface area contributed by atoms with Crippen molar-refractivity contribution < 1.29 is 14.7 Å². The van der Waals surface area contributed by atoms with Crippen LogP contribution in [0, 0.1) is 0 Å². The molecule has 2 N–H and O–H groups in total. The number of carbonyl (C=O) groups is 2. The second-order valence-electron chi connectivity index (χ2n) is 7.55. The molecule has 9 heteroatoms. The van der Waals surface area contributed by atoms with Crippen LogP contribution in [0.25, 0.3) is 0 Å². The van der Waals surface area contributed by atoms with Crippen molar-refractivity contribution in [1.82, 2.24) is 20.0 Å². The molecule has 0 aromatic heterocycles. The standard InChI is InChI=1S/C23H26Cl2N4O3/c1-27(11-6-12-30)23(32)20-22(28(2)15-31)26-21(17-9-10-18(24)19(25)13-17)29(20)14-16-7-4-3-5-8-16/h3-5,7-10,13,15,21,26,30H,6,11-12,14H2,1-2H3. The van der Waals surface area contributed by atoms with E-state index in [-0.39, 0.29) is 12.5 Å². The summed E-state index contributed by atoms with van der Waals surface area (Å²) in [6.07, 6.45) is 0.658. The molecule has 170 valence electrons. The molecule has 1 atom stereocenters. The Morgan fingerprint density at radius 3 is 2.50 bits per heavy atom. The zero-order valence-corrected chi connectivity index (χ0v) is 19.5. The monoisotopic (exact) mass is 476 g/mol. The minimum atomic E-state index is -0.451. The maximum atomic E-state index is 13.5. The Hall–Kier alpha value is -2.74. The third kappa shape index (κ3) is 5.18. The molecule has 0 aliphatic carbocycles. The fourth-order valence-corrected chi connectivity index (χ4v) is 3.88. The van der Waals surface area contributed by atoms with Crippen LogP contribution in [0.15, 0.2) is 60.0 Å². The lowest BCUT2D eigenvalue weighted by Gasteiger charge is -2.30. The molecule has 32 heavy (non-hydrogen) atoms. The zero-order chi connectivity index (χ0) is 23.3. The van der Waals surface area contributed by atoms with Crippen LogP contribution in [0.3, 0.4) is 0 Å². The first-order valence-electron chi connectivity index (χ1n) is 10.2. The fourth-order valence-electron chi connectivity index (χ4n) is 3.57. The Kier molecular flexibility index (Phi) is 8.01. The molecule has 2 aromatic rings. The van der Waals surface area contributed by atoms with Gasteiger partial charge in [-0.2, -0.15) is 0 Å². The van der Waals surface area contributed by atoms with Gasteiger partial charge in [-0.05, 0) is 29.7 Å². The molecule has 2 amide bonds. The number of aliphatic hydroxyl groups excluding tert-OH is 1.